The van der Waals surface area contributed by atoms with Crippen molar-refractivity contribution >= 4 is 51.5 Å². The Bertz CT molecular complexity index is 1510. The Morgan fingerprint density at radius 2 is 1.67 bits per heavy atom. The maximum absolute atomic E-state index is 12.3. The summed E-state index contributed by atoms with van der Waals surface area (Å²) >= 11 is 6.17. The van der Waals surface area contributed by atoms with E-state index in [1.54, 1.807) is 48.2 Å². The van der Waals surface area contributed by atoms with E-state index in [-0.39, 0.29) is 18.2 Å². The molecule has 4 rings (SSSR count). The summed E-state index contributed by atoms with van der Waals surface area (Å²) in [6.07, 6.45) is 0.755. The number of aromatic hydroxyl groups is 1. The van der Waals surface area contributed by atoms with E-state index in [9.17, 15) is 14.7 Å². The number of aromatic amines is 1. The number of aromatic nitrogens is 1. The lowest BCUT2D eigenvalue weighted by Gasteiger charge is -2.22. The Balaban J connectivity index is 1.75. The topological polar surface area (TPSA) is 109 Å². The standard InChI is InChI=1S/C30H31ClN4O4/c1-19(36)35(16-4-15-34(2)3)24-12-10-23(11-13-24)32-29(21-7-5-20(6-8-21)17-27(37)38)28-25-14-9-22(31)18-26(25)33-30(28)39/h5-14,18,33,39H,4,15-17H2,1-3H3,(H,37,38). The molecule has 3 N–H and O–H groups in total. The second-order valence-electron chi connectivity index (χ2n) is 9.61. The number of carbonyl (C=O) groups excluding carboxylic acids is 1. The van der Waals surface area contributed by atoms with Crippen LogP contribution in [0.3, 0.4) is 0 Å². The molecule has 0 aliphatic carbocycles. The predicted molar refractivity (Wildman–Crippen MR) is 156 cm³/mol. The molecule has 1 amide bonds. The molecule has 0 atom stereocenters. The summed E-state index contributed by atoms with van der Waals surface area (Å²) in [5.41, 5.74) is 4.44. The third-order valence-corrected chi connectivity index (χ3v) is 6.56. The van der Waals surface area contributed by atoms with Gasteiger partial charge in [-0.1, -0.05) is 41.9 Å². The number of H-pyrrole nitrogens is 1. The van der Waals surface area contributed by atoms with Gasteiger partial charge in [-0.15, -0.1) is 0 Å². The lowest BCUT2D eigenvalue weighted by molar-refractivity contribution is -0.136. The number of hydrogen-bond acceptors (Lipinski definition) is 5. The van der Waals surface area contributed by atoms with Crippen LogP contribution in [0.5, 0.6) is 5.88 Å². The predicted octanol–water partition coefficient (Wildman–Crippen LogP) is 5.63. The molecular formula is C30H31ClN4O4. The van der Waals surface area contributed by atoms with Gasteiger partial charge in [0, 0.05) is 35.1 Å². The fraction of sp³-hybridized carbons (Fsp3) is 0.233. The molecule has 202 valence electrons. The minimum Gasteiger partial charge on any atom is -0.494 e. The van der Waals surface area contributed by atoms with Crippen LogP contribution in [0.1, 0.15) is 30.0 Å². The molecule has 3 aromatic carbocycles. The molecule has 9 heteroatoms. The van der Waals surface area contributed by atoms with Crippen LogP contribution >= 0.6 is 11.6 Å². The molecule has 0 aliphatic heterocycles. The van der Waals surface area contributed by atoms with Crippen LogP contribution in [0.4, 0.5) is 11.4 Å². The number of aliphatic carboxylic acids is 1. The molecule has 0 unspecified atom stereocenters. The van der Waals surface area contributed by atoms with Crippen LogP contribution in [0.15, 0.2) is 71.7 Å². The number of nitrogens with one attached hydrogen (secondary N) is 1. The SMILES string of the molecule is CC(=O)N(CCCN(C)C)c1ccc(N=C(c2ccc(CC(=O)O)cc2)c2c(O)[nH]c3cc(Cl)ccc23)cc1. The summed E-state index contributed by atoms with van der Waals surface area (Å²) in [6, 6.07) is 19.7. The Labute approximate surface area is 232 Å². The number of nitrogens with zero attached hydrogens (tertiary/aromatic N) is 3. The second-order valence-corrected chi connectivity index (χ2v) is 10.0. The molecule has 39 heavy (non-hydrogen) atoms. The summed E-state index contributed by atoms with van der Waals surface area (Å²) in [6.45, 7) is 3.04. The number of fused-ring (bicyclic) bond motifs is 1. The van der Waals surface area contributed by atoms with E-state index in [2.05, 4.69) is 9.88 Å². The second kappa shape index (κ2) is 12.1. The van der Waals surface area contributed by atoms with Gasteiger partial charge in [0.1, 0.15) is 0 Å². The lowest BCUT2D eigenvalue weighted by Crippen LogP contribution is -2.31. The number of rotatable bonds is 10. The van der Waals surface area contributed by atoms with Crippen molar-refractivity contribution in [2.75, 3.05) is 32.1 Å². The van der Waals surface area contributed by atoms with Gasteiger partial charge in [-0.25, -0.2) is 4.99 Å². The average Bonchev–Trinajstić information content (AvgIpc) is 3.20. The summed E-state index contributed by atoms with van der Waals surface area (Å²) < 4.78 is 0. The number of halogens is 1. The molecule has 1 aromatic heterocycles. The molecule has 0 saturated heterocycles. The molecule has 8 nitrogen and oxygen atoms in total. The number of hydrogen-bond donors (Lipinski definition) is 3. The maximum atomic E-state index is 12.3. The Morgan fingerprint density at radius 3 is 2.28 bits per heavy atom. The van der Waals surface area contributed by atoms with Gasteiger partial charge in [-0.05, 0) is 69.0 Å². The first-order valence-electron chi connectivity index (χ1n) is 12.6. The number of aliphatic imine (C=N–C) groups is 1. The third-order valence-electron chi connectivity index (χ3n) is 6.33. The molecule has 0 fully saturated rings. The van der Waals surface area contributed by atoms with Crippen molar-refractivity contribution < 1.29 is 19.8 Å². The van der Waals surface area contributed by atoms with E-state index in [0.29, 0.717) is 45.2 Å². The van der Waals surface area contributed by atoms with Crippen molar-refractivity contribution in [2.24, 2.45) is 4.99 Å². The van der Waals surface area contributed by atoms with E-state index in [1.807, 2.05) is 44.4 Å². The molecular weight excluding hydrogens is 516 g/mol. The van der Waals surface area contributed by atoms with Crippen LogP contribution in [0.25, 0.3) is 10.9 Å². The van der Waals surface area contributed by atoms with E-state index < -0.39 is 5.97 Å². The van der Waals surface area contributed by atoms with Gasteiger partial charge in [-0.2, -0.15) is 0 Å². The number of carboxylic acid groups (broad SMARTS) is 1. The molecule has 0 bridgehead atoms. The molecule has 0 spiro atoms. The highest BCUT2D eigenvalue weighted by atomic mass is 35.5. The Morgan fingerprint density at radius 1 is 0.974 bits per heavy atom. The first-order chi connectivity index (χ1) is 18.6. The van der Waals surface area contributed by atoms with Crippen molar-refractivity contribution in [1.82, 2.24) is 9.88 Å². The normalized spacial score (nSPS) is 11.8. The molecule has 0 radical (unpaired) electrons. The molecule has 0 aliphatic rings. The Kier molecular flexibility index (Phi) is 8.69. The Hall–Kier alpha value is -4.14. The van der Waals surface area contributed by atoms with Crippen LogP contribution in [-0.4, -0.2) is 64.9 Å². The summed E-state index contributed by atoms with van der Waals surface area (Å²) in [4.78, 5) is 35.2. The van der Waals surface area contributed by atoms with E-state index in [1.165, 1.54) is 0 Å². The van der Waals surface area contributed by atoms with Crippen LogP contribution in [0, 0.1) is 0 Å². The van der Waals surface area contributed by atoms with E-state index in [4.69, 9.17) is 21.7 Å². The van der Waals surface area contributed by atoms with Gasteiger partial charge < -0.3 is 25.0 Å². The number of amides is 1. The van der Waals surface area contributed by atoms with Gasteiger partial charge in [0.2, 0.25) is 5.91 Å². The number of carboxylic acids is 1. The van der Waals surface area contributed by atoms with Crippen molar-refractivity contribution in [1.29, 1.82) is 0 Å². The molecule has 0 saturated carbocycles. The van der Waals surface area contributed by atoms with Crippen LogP contribution in [0.2, 0.25) is 5.02 Å². The smallest absolute Gasteiger partial charge is 0.307 e. The van der Waals surface area contributed by atoms with Gasteiger partial charge in [0.25, 0.3) is 0 Å². The van der Waals surface area contributed by atoms with Crippen LogP contribution in [-0.2, 0) is 16.0 Å². The first kappa shape index (κ1) is 27.9. The average molecular weight is 547 g/mol. The molecule has 4 aromatic rings. The number of benzene rings is 3. The highest BCUT2D eigenvalue weighted by Gasteiger charge is 2.19. The highest BCUT2D eigenvalue weighted by Crippen LogP contribution is 2.33. The van der Waals surface area contributed by atoms with Crippen molar-refractivity contribution in [3.8, 4) is 5.88 Å². The van der Waals surface area contributed by atoms with Crippen molar-refractivity contribution in [3.05, 3.63) is 88.4 Å². The van der Waals surface area contributed by atoms with E-state index >= 15 is 0 Å². The fourth-order valence-corrected chi connectivity index (χ4v) is 4.64. The third kappa shape index (κ3) is 6.85. The minimum atomic E-state index is -0.913. The number of anilines is 1. The maximum Gasteiger partial charge on any atom is 0.307 e. The number of carbonyl (C=O) groups is 2. The van der Waals surface area contributed by atoms with Crippen molar-refractivity contribution in [3.63, 3.8) is 0 Å². The van der Waals surface area contributed by atoms with E-state index in [0.717, 1.165) is 24.0 Å². The monoisotopic (exact) mass is 546 g/mol. The zero-order valence-corrected chi connectivity index (χ0v) is 22.9. The van der Waals surface area contributed by atoms with Gasteiger partial charge >= 0.3 is 5.97 Å². The van der Waals surface area contributed by atoms with Gasteiger partial charge in [-0.3, -0.25) is 9.59 Å². The summed E-state index contributed by atoms with van der Waals surface area (Å²) in [5, 5.41) is 21.3. The van der Waals surface area contributed by atoms with Crippen LogP contribution < -0.4 is 4.90 Å². The minimum absolute atomic E-state index is 0.0328. The summed E-state index contributed by atoms with van der Waals surface area (Å²) in [7, 11) is 4.00. The first-order valence-corrected chi connectivity index (χ1v) is 12.9. The quantitative estimate of drug-likeness (QED) is 0.223. The van der Waals surface area contributed by atoms with Gasteiger partial charge in [0.05, 0.1) is 28.9 Å². The highest BCUT2D eigenvalue weighted by molar-refractivity contribution is 6.31. The zero-order chi connectivity index (χ0) is 28.1. The molecule has 1 heterocycles. The zero-order valence-electron chi connectivity index (χ0n) is 22.1. The van der Waals surface area contributed by atoms with Gasteiger partial charge in [0.15, 0.2) is 5.88 Å². The summed E-state index contributed by atoms with van der Waals surface area (Å²) in [5.74, 6) is -1.00. The van der Waals surface area contributed by atoms with Crippen molar-refractivity contribution in [2.45, 2.75) is 19.8 Å². The lowest BCUT2D eigenvalue weighted by atomic mass is 9.99. The largest absolute Gasteiger partial charge is 0.494 e. The fourth-order valence-electron chi connectivity index (χ4n) is 4.46.